The minimum atomic E-state index is -0.858. The van der Waals surface area contributed by atoms with E-state index in [1.54, 1.807) is 24.3 Å². The number of phenols is 1. The molecule has 0 heterocycles. The van der Waals surface area contributed by atoms with Crippen molar-refractivity contribution >= 4 is 5.97 Å². The highest BCUT2D eigenvalue weighted by atomic mass is 16.4. The molecule has 0 saturated carbocycles. The minimum Gasteiger partial charge on any atom is -0.508 e. The van der Waals surface area contributed by atoms with Crippen molar-refractivity contribution < 1.29 is 15.0 Å². The second-order valence-corrected chi connectivity index (χ2v) is 4.61. The van der Waals surface area contributed by atoms with Crippen LogP contribution in [0.1, 0.15) is 23.6 Å². The highest BCUT2D eigenvalue weighted by Crippen LogP contribution is 2.20. The van der Waals surface area contributed by atoms with E-state index in [1.165, 1.54) is 0 Å². The number of aliphatic carboxylic acids is 1. The Morgan fingerprint density at radius 2 is 1.70 bits per heavy atom. The molecule has 0 unspecified atom stereocenters. The van der Waals surface area contributed by atoms with Gasteiger partial charge in [-0.2, -0.15) is 0 Å². The van der Waals surface area contributed by atoms with Gasteiger partial charge >= 0.3 is 5.97 Å². The smallest absolute Gasteiger partial charge is 0.305 e. The van der Waals surface area contributed by atoms with Crippen molar-refractivity contribution in [2.45, 2.75) is 19.0 Å². The summed E-state index contributed by atoms with van der Waals surface area (Å²) in [6, 6.07) is 16.1. The SMILES string of the molecule is O=C(O)C[C@H](NCc1ccccc1)c1ccc(O)cc1. The highest BCUT2D eigenvalue weighted by Gasteiger charge is 2.15. The van der Waals surface area contributed by atoms with Gasteiger partial charge in [0, 0.05) is 12.6 Å². The number of phenolic OH excluding ortho intramolecular Hbond substituents is 1. The highest BCUT2D eigenvalue weighted by molar-refractivity contribution is 5.68. The minimum absolute atomic E-state index is 0.00237. The third-order valence-corrected chi connectivity index (χ3v) is 3.07. The summed E-state index contributed by atoms with van der Waals surface area (Å²) >= 11 is 0. The van der Waals surface area contributed by atoms with Crippen molar-refractivity contribution in [2.75, 3.05) is 0 Å². The first-order chi connectivity index (χ1) is 9.65. The molecule has 0 spiro atoms. The van der Waals surface area contributed by atoms with Gasteiger partial charge in [-0.15, -0.1) is 0 Å². The van der Waals surface area contributed by atoms with E-state index < -0.39 is 5.97 Å². The lowest BCUT2D eigenvalue weighted by molar-refractivity contribution is -0.137. The zero-order chi connectivity index (χ0) is 14.4. The molecule has 4 heteroatoms. The Kier molecular flexibility index (Phi) is 4.74. The van der Waals surface area contributed by atoms with Gasteiger partial charge in [-0.1, -0.05) is 42.5 Å². The monoisotopic (exact) mass is 271 g/mol. The van der Waals surface area contributed by atoms with Crippen molar-refractivity contribution in [2.24, 2.45) is 0 Å². The molecule has 0 aromatic heterocycles. The van der Waals surface area contributed by atoms with Crippen LogP contribution in [0.4, 0.5) is 0 Å². The van der Waals surface area contributed by atoms with Crippen LogP contribution in [0.15, 0.2) is 54.6 Å². The van der Waals surface area contributed by atoms with Gasteiger partial charge in [-0.3, -0.25) is 4.79 Å². The quantitative estimate of drug-likeness (QED) is 0.755. The predicted octanol–water partition coefficient (Wildman–Crippen LogP) is 2.70. The third kappa shape index (κ3) is 4.10. The summed E-state index contributed by atoms with van der Waals surface area (Å²) in [7, 11) is 0. The van der Waals surface area contributed by atoms with Crippen molar-refractivity contribution in [3.8, 4) is 5.75 Å². The lowest BCUT2D eigenvalue weighted by Crippen LogP contribution is -2.23. The number of nitrogens with one attached hydrogen (secondary N) is 1. The average molecular weight is 271 g/mol. The van der Waals surface area contributed by atoms with Gasteiger partial charge in [0.2, 0.25) is 0 Å². The Labute approximate surface area is 117 Å². The fourth-order valence-electron chi connectivity index (χ4n) is 2.03. The molecule has 0 aliphatic rings. The maximum Gasteiger partial charge on any atom is 0.305 e. The van der Waals surface area contributed by atoms with E-state index in [0.717, 1.165) is 11.1 Å². The first-order valence-corrected chi connectivity index (χ1v) is 6.43. The Balaban J connectivity index is 2.07. The standard InChI is InChI=1S/C16H17NO3/c18-14-8-6-13(7-9-14)15(10-16(19)20)17-11-12-4-2-1-3-5-12/h1-9,15,17-18H,10-11H2,(H,19,20)/t15-/m0/s1. The second kappa shape index (κ2) is 6.73. The summed E-state index contributed by atoms with van der Waals surface area (Å²) in [6.07, 6.45) is -0.00237. The van der Waals surface area contributed by atoms with E-state index in [9.17, 15) is 9.90 Å². The van der Waals surface area contributed by atoms with Gasteiger partial charge in [0.05, 0.1) is 6.42 Å². The Hall–Kier alpha value is -2.33. The molecule has 20 heavy (non-hydrogen) atoms. The molecule has 0 fully saturated rings. The molecule has 0 amide bonds. The van der Waals surface area contributed by atoms with Crippen LogP contribution in [-0.4, -0.2) is 16.2 Å². The summed E-state index contributed by atoms with van der Waals surface area (Å²) in [4.78, 5) is 11.0. The molecular weight excluding hydrogens is 254 g/mol. The molecule has 104 valence electrons. The van der Waals surface area contributed by atoms with Crippen LogP contribution in [0.2, 0.25) is 0 Å². The molecule has 0 radical (unpaired) electrons. The van der Waals surface area contributed by atoms with Crippen LogP contribution >= 0.6 is 0 Å². The molecular formula is C16H17NO3. The van der Waals surface area contributed by atoms with Gasteiger partial charge in [0.1, 0.15) is 5.75 Å². The van der Waals surface area contributed by atoms with E-state index in [2.05, 4.69) is 5.32 Å². The van der Waals surface area contributed by atoms with E-state index >= 15 is 0 Å². The molecule has 0 aliphatic heterocycles. The number of carboxylic acid groups (broad SMARTS) is 1. The number of aromatic hydroxyl groups is 1. The zero-order valence-electron chi connectivity index (χ0n) is 11.0. The zero-order valence-corrected chi connectivity index (χ0v) is 11.0. The number of hydrogen-bond acceptors (Lipinski definition) is 3. The number of benzene rings is 2. The second-order valence-electron chi connectivity index (χ2n) is 4.61. The predicted molar refractivity (Wildman–Crippen MR) is 76.4 cm³/mol. The molecule has 2 aromatic carbocycles. The summed E-state index contributed by atoms with van der Waals surface area (Å²) in [5, 5.41) is 21.5. The average Bonchev–Trinajstić information content (AvgIpc) is 2.45. The van der Waals surface area contributed by atoms with Crippen molar-refractivity contribution in [3.63, 3.8) is 0 Å². The van der Waals surface area contributed by atoms with E-state index in [0.29, 0.717) is 6.54 Å². The first kappa shape index (κ1) is 14.1. The Morgan fingerprint density at radius 1 is 1.05 bits per heavy atom. The molecule has 0 bridgehead atoms. The van der Waals surface area contributed by atoms with Gasteiger partial charge in [0.25, 0.3) is 0 Å². The van der Waals surface area contributed by atoms with E-state index in [-0.39, 0.29) is 18.2 Å². The van der Waals surface area contributed by atoms with Gasteiger partial charge in [-0.05, 0) is 23.3 Å². The van der Waals surface area contributed by atoms with Gasteiger partial charge in [0.15, 0.2) is 0 Å². The molecule has 3 N–H and O–H groups in total. The molecule has 2 aromatic rings. The van der Waals surface area contributed by atoms with Crippen molar-refractivity contribution in [1.29, 1.82) is 0 Å². The summed E-state index contributed by atoms with van der Waals surface area (Å²) < 4.78 is 0. The molecule has 4 nitrogen and oxygen atoms in total. The fourth-order valence-corrected chi connectivity index (χ4v) is 2.03. The maximum atomic E-state index is 11.0. The summed E-state index contributed by atoms with van der Waals surface area (Å²) in [5.41, 5.74) is 1.95. The number of carboxylic acids is 1. The summed E-state index contributed by atoms with van der Waals surface area (Å²) in [5.74, 6) is -0.686. The summed E-state index contributed by atoms with van der Waals surface area (Å²) in [6.45, 7) is 0.597. The van der Waals surface area contributed by atoms with Crippen molar-refractivity contribution in [3.05, 3.63) is 65.7 Å². The van der Waals surface area contributed by atoms with Crippen LogP contribution in [0, 0.1) is 0 Å². The third-order valence-electron chi connectivity index (χ3n) is 3.07. The lowest BCUT2D eigenvalue weighted by Gasteiger charge is -2.17. The number of carbonyl (C=O) groups is 1. The Morgan fingerprint density at radius 3 is 2.30 bits per heavy atom. The van der Waals surface area contributed by atoms with Gasteiger partial charge < -0.3 is 15.5 Å². The van der Waals surface area contributed by atoms with Crippen LogP contribution in [-0.2, 0) is 11.3 Å². The fraction of sp³-hybridized carbons (Fsp3) is 0.188. The Bertz CT molecular complexity index is 552. The number of hydrogen-bond donors (Lipinski definition) is 3. The van der Waals surface area contributed by atoms with Crippen LogP contribution in [0.3, 0.4) is 0 Å². The molecule has 2 rings (SSSR count). The molecule has 0 saturated heterocycles. The van der Waals surface area contributed by atoms with E-state index in [4.69, 9.17) is 5.11 Å². The van der Waals surface area contributed by atoms with Crippen LogP contribution in [0.25, 0.3) is 0 Å². The first-order valence-electron chi connectivity index (χ1n) is 6.43. The van der Waals surface area contributed by atoms with Crippen LogP contribution < -0.4 is 5.32 Å². The number of rotatable bonds is 6. The maximum absolute atomic E-state index is 11.0. The van der Waals surface area contributed by atoms with Gasteiger partial charge in [-0.25, -0.2) is 0 Å². The molecule has 1 atom stereocenters. The normalized spacial score (nSPS) is 12.0. The van der Waals surface area contributed by atoms with Crippen molar-refractivity contribution in [1.82, 2.24) is 5.32 Å². The molecule has 0 aliphatic carbocycles. The van der Waals surface area contributed by atoms with Crippen LogP contribution in [0.5, 0.6) is 5.75 Å². The largest absolute Gasteiger partial charge is 0.508 e. The van der Waals surface area contributed by atoms with E-state index in [1.807, 2.05) is 30.3 Å². The topological polar surface area (TPSA) is 69.6 Å². The lowest BCUT2D eigenvalue weighted by atomic mass is 10.0.